The van der Waals surface area contributed by atoms with Crippen molar-refractivity contribution in [3.8, 4) is 5.69 Å². The van der Waals surface area contributed by atoms with Crippen LogP contribution in [0.5, 0.6) is 0 Å². The molecular formula is C21H23N3O2. The number of rotatable bonds is 4. The number of fused-ring (bicyclic) bond motifs is 1. The van der Waals surface area contributed by atoms with Crippen LogP contribution in [-0.4, -0.2) is 51.1 Å². The summed E-state index contributed by atoms with van der Waals surface area (Å²) in [6.45, 7) is 3.95. The van der Waals surface area contributed by atoms with E-state index < -0.39 is 0 Å². The molecular weight excluding hydrogens is 326 g/mol. The van der Waals surface area contributed by atoms with E-state index in [9.17, 15) is 9.90 Å². The molecule has 0 spiro atoms. The van der Waals surface area contributed by atoms with Gasteiger partial charge < -0.3 is 9.67 Å². The van der Waals surface area contributed by atoms with Crippen molar-refractivity contribution in [3.05, 3.63) is 60.0 Å². The molecule has 3 heterocycles. The molecule has 134 valence electrons. The smallest absolute Gasteiger partial charge is 0.179 e. The van der Waals surface area contributed by atoms with Crippen molar-refractivity contribution in [3.63, 3.8) is 0 Å². The van der Waals surface area contributed by atoms with Gasteiger partial charge >= 0.3 is 0 Å². The molecule has 1 N–H and O–H groups in total. The Morgan fingerprint density at radius 3 is 2.58 bits per heavy atom. The largest absolute Gasteiger partial charge is 0.393 e. The highest BCUT2D eigenvalue weighted by Gasteiger charge is 2.24. The molecule has 4 rings (SSSR count). The van der Waals surface area contributed by atoms with Gasteiger partial charge in [0.2, 0.25) is 0 Å². The first kappa shape index (κ1) is 16.9. The fourth-order valence-corrected chi connectivity index (χ4v) is 3.90. The second-order valence-electron chi connectivity index (χ2n) is 6.95. The molecule has 1 aliphatic heterocycles. The zero-order valence-electron chi connectivity index (χ0n) is 14.9. The van der Waals surface area contributed by atoms with Crippen LogP contribution in [0.4, 0.5) is 0 Å². The van der Waals surface area contributed by atoms with Gasteiger partial charge in [-0.2, -0.15) is 0 Å². The maximum atomic E-state index is 13.1. The van der Waals surface area contributed by atoms with Gasteiger partial charge in [0.15, 0.2) is 5.78 Å². The molecule has 5 nitrogen and oxygen atoms in total. The van der Waals surface area contributed by atoms with Crippen LogP contribution >= 0.6 is 0 Å². The zero-order chi connectivity index (χ0) is 18.1. The van der Waals surface area contributed by atoms with Crippen LogP contribution in [0.2, 0.25) is 0 Å². The number of likely N-dealkylation sites (tertiary alicyclic amines) is 1. The van der Waals surface area contributed by atoms with Crippen molar-refractivity contribution < 1.29 is 9.90 Å². The third-order valence-corrected chi connectivity index (χ3v) is 5.24. The van der Waals surface area contributed by atoms with Gasteiger partial charge in [0.05, 0.1) is 18.2 Å². The number of hydrogen-bond donors (Lipinski definition) is 1. The van der Waals surface area contributed by atoms with Crippen LogP contribution in [0.3, 0.4) is 0 Å². The van der Waals surface area contributed by atoms with Crippen molar-refractivity contribution >= 4 is 16.7 Å². The van der Waals surface area contributed by atoms with Gasteiger partial charge in [-0.05, 0) is 38.0 Å². The molecule has 0 atom stereocenters. The van der Waals surface area contributed by atoms with E-state index in [4.69, 9.17) is 0 Å². The van der Waals surface area contributed by atoms with E-state index in [0.29, 0.717) is 6.54 Å². The van der Waals surface area contributed by atoms with Crippen LogP contribution in [0.25, 0.3) is 16.6 Å². The van der Waals surface area contributed by atoms with Gasteiger partial charge in [-0.3, -0.25) is 14.7 Å². The standard InChI is InChI=1S/C21H23N3O2/c1-15-21(20(26)14-23-12-8-17(25)9-13-23)18-4-2-3-5-19(18)24(15)16-6-10-22-11-7-16/h2-7,10-11,17,25H,8-9,12-14H2,1H3. The summed E-state index contributed by atoms with van der Waals surface area (Å²) in [6, 6.07) is 12.0. The van der Waals surface area contributed by atoms with Crippen LogP contribution in [0, 0.1) is 6.92 Å². The first-order valence-corrected chi connectivity index (χ1v) is 9.09. The molecule has 1 fully saturated rings. The number of carbonyl (C=O) groups excluding carboxylic acids is 1. The molecule has 0 unspecified atom stereocenters. The highest BCUT2D eigenvalue weighted by atomic mass is 16.3. The minimum absolute atomic E-state index is 0.142. The SMILES string of the molecule is Cc1c(C(=O)CN2CCC(O)CC2)c2ccccc2n1-c1ccncc1. The van der Waals surface area contributed by atoms with Crippen molar-refractivity contribution in [2.45, 2.75) is 25.9 Å². The lowest BCUT2D eigenvalue weighted by atomic mass is 10.0. The first-order valence-electron chi connectivity index (χ1n) is 9.09. The van der Waals surface area contributed by atoms with Crippen molar-refractivity contribution in [2.75, 3.05) is 19.6 Å². The summed E-state index contributed by atoms with van der Waals surface area (Å²) in [5.41, 5.74) is 3.80. The minimum atomic E-state index is -0.225. The summed E-state index contributed by atoms with van der Waals surface area (Å²) in [5.74, 6) is 0.142. The van der Waals surface area contributed by atoms with Crippen molar-refractivity contribution in [1.82, 2.24) is 14.5 Å². The average molecular weight is 349 g/mol. The van der Waals surface area contributed by atoms with Crippen LogP contribution in [-0.2, 0) is 0 Å². The summed E-state index contributed by atoms with van der Waals surface area (Å²) >= 11 is 0. The van der Waals surface area contributed by atoms with E-state index in [1.807, 2.05) is 37.3 Å². The molecule has 26 heavy (non-hydrogen) atoms. The molecule has 0 aliphatic carbocycles. The van der Waals surface area contributed by atoms with Gasteiger partial charge in [-0.15, -0.1) is 0 Å². The molecule has 5 heteroatoms. The number of ketones is 1. The number of aliphatic hydroxyl groups excluding tert-OH is 1. The Morgan fingerprint density at radius 1 is 1.15 bits per heavy atom. The molecule has 1 aromatic carbocycles. The molecule has 0 bridgehead atoms. The molecule has 2 aromatic heterocycles. The lowest BCUT2D eigenvalue weighted by Gasteiger charge is -2.28. The number of pyridine rings is 1. The van der Waals surface area contributed by atoms with Crippen molar-refractivity contribution in [1.29, 1.82) is 0 Å². The van der Waals surface area contributed by atoms with E-state index in [2.05, 4.69) is 20.5 Å². The monoisotopic (exact) mass is 349 g/mol. The summed E-state index contributed by atoms with van der Waals surface area (Å²) in [6.07, 6.45) is 4.79. The van der Waals surface area contributed by atoms with Gasteiger partial charge in [-0.1, -0.05) is 18.2 Å². The summed E-state index contributed by atoms with van der Waals surface area (Å²) in [7, 11) is 0. The topological polar surface area (TPSA) is 58.4 Å². The maximum Gasteiger partial charge on any atom is 0.179 e. The molecule has 0 amide bonds. The fourth-order valence-electron chi connectivity index (χ4n) is 3.90. The summed E-state index contributed by atoms with van der Waals surface area (Å²) < 4.78 is 2.13. The molecule has 3 aromatic rings. The third-order valence-electron chi connectivity index (χ3n) is 5.24. The Morgan fingerprint density at radius 2 is 1.85 bits per heavy atom. The van der Waals surface area contributed by atoms with Gasteiger partial charge in [0.1, 0.15) is 0 Å². The molecule has 0 saturated carbocycles. The van der Waals surface area contributed by atoms with Crippen molar-refractivity contribution in [2.24, 2.45) is 0 Å². The van der Waals surface area contributed by atoms with Gasteiger partial charge in [0, 0.05) is 47.8 Å². The Labute approximate surface area is 152 Å². The van der Waals surface area contributed by atoms with Crippen LogP contribution < -0.4 is 0 Å². The number of carbonyl (C=O) groups is 1. The van der Waals surface area contributed by atoms with Gasteiger partial charge in [0.25, 0.3) is 0 Å². The number of hydrogen-bond acceptors (Lipinski definition) is 4. The number of aromatic nitrogens is 2. The zero-order valence-corrected chi connectivity index (χ0v) is 14.9. The highest BCUT2D eigenvalue weighted by Crippen LogP contribution is 2.29. The van der Waals surface area contributed by atoms with E-state index >= 15 is 0 Å². The summed E-state index contributed by atoms with van der Waals surface area (Å²) in [4.78, 5) is 19.4. The lowest BCUT2D eigenvalue weighted by molar-refractivity contribution is 0.0711. The minimum Gasteiger partial charge on any atom is -0.393 e. The Bertz CT molecular complexity index is 925. The Kier molecular flexibility index (Phi) is 4.57. The molecule has 0 radical (unpaired) electrons. The Hall–Kier alpha value is -2.50. The second-order valence-corrected chi connectivity index (χ2v) is 6.95. The predicted molar refractivity (Wildman–Crippen MR) is 102 cm³/mol. The lowest BCUT2D eigenvalue weighted by Crippen LogP contribution is -2.39. The number of benzene rings is 1. The highest BCUT2D eigenvalue weighted by molar-refractivity contribution is 6.10. The first-order chi connectivity index (χ1) is 12.6. The molecule has 1 aliphatic rings. The van der Waals surface area contributed by atoms with E-state index in [1.54, 1.807) is 12.4 Å². The normalized spacial score (nSPS) is 16.2. The van der Waals surface area contributed by atoms with Crippen LogP contribution in [0.15, 0.2) is 48.8 Å². The third kappa shape index (κ3) is 3.04. The average Bonchev–Trinajstić information content (AvgIpc) is 2.96. The predicted octanol–water partition coefficient (Wildman–Crippen LogP) is 2.97. The fraction of sp³-hybridized carbons (Fsp3) is 0.333. The van der Waals surface area contributed by atoms with Crippen LogP contribution in [0.1, 0.15) is 28.9 Å². The second kappa shape index (κ2) is 7.02. The molecule has 1 saturated heterocycles. The van der Waals surface area contributed by atoms with E-state index in [-0.39, 0.29) is 11.9 Å². The van der Waals surface area contributed by atoms with E-state index in [0.717, 1.165) is 53.8 Å². The number of piperidine rings is 1. The number of Topliss-reactive ketones (excluding diaryl/α,β-unsaturated/α-hetero) is 1. The van der Waals surface area contributed by atoms with Gasteiger partial charge in [-0.25, -0.2) is 0 Å². The number of nitrogens with zero attached hydrogens (tertiary/aromatic N) is 3. The summed E-state index contributed by atoms with van der Waals surface area (Å²) in [5, 5.41) is 10.7. The quantitative estimate of drug-likeness (QED) is 0.736. The maximum absolute atomic E-state index is 13.1. The number of aliphatic hydroxyl groups is 1. The Balaban J connectivity index is 1.73. The van der Waals surface area contributed by atoms with E-state index in [1.165, 1.54) is 0 Å². The number of para-hydroxylation sites is 1.